The van der Waals surface area contributed by atoms with Gasteiger partial charge in [0.15, 0.2) is 0 Å². The van der Waals surface area contributed by atoms with Crippen LogP contribution in [0.4, 0.5) is 10.8 Å². The highest BCUT2D eigenvalue weighted by atomic mass is 32.1. The molecule has 0 aliphatic carbocycles. The van der Waals surface area contributed by atoms with Gasteiger partial charge in [-0.3, -0.25) is 4.79 Å². The Labute approximate surface area is 146 Å². The van der Waals surface area contributed by atoms with Crippen LogP contribution in [-0.2, 0) is 6.42 Å². The number of amides is 1. The van der Waals surface area contributed by atoms with Gasteiger partial charge in [0, 0.05) is 55.4 Å². The molecule has 128 valence electrons. The van der Waals surface area contributed by atoms with Crippen LogP contribution in [0, 0.1) is 6.92 Å². The zero-order valence-electron chi connectivity index (χ0n) is 14.2. The molecule has 6 nitrogen and oxygen atoms in total. The Morgan fingerprint density at radius 2 is 2.12 bits per heavy atom. The number of carbonyl (C=O) groups is 1. The number of nitrogens with zero attached hydrogens (tertiary/aromatic N) is 4. The first-order chi connectivity index (χ1) is 11.6. The zero-order chi connectivity index (χ0) is 17.1. The van der Waals surface area contributed by atoms with E-state index in [9.17, 15) is 4.79 Å². The molecular formula is C17H23N5OS. The van der Waals surface area contributed by atoms with Gasteiger partial charge in [0.05, 0.1) is 0 Å². The third kappa shape index (κ3) is 3.51. The molecule has 0 saturated carbocycles. The summed E-state index contributed by atoms with van der Waals surface area (Å²) in [5.74, 6) is 0.954. The van der Waals surface area contributed by atoms with Crippen molar-refractivity contribution >= 4 is 28.3 Å². The van der Waals surface area contributed by atoms with E-state index in [4.69, 9.17) is 5.73 Å². The Hall–Kier alpha value is -2.15. The van der Waals surface area contributed by atoms with E-state index in [0.29, 0.717) is 17.8 Å². The topological polar surface area (TPSA) is 75.4 Å². The number of carbonyl (C=O) groups excluding carboxylic acids is 1. The van der Waals surface area contributed by atoms with Gasteiger partial charge in [0.1, 0.15) is 5.82 Å². The Morgan fingerprint density at radius 3 is 2.88 bits per heavy atom. The number of nitrogens with two attached hydrogens (primary N) is 1. The minimum atomic E-state index is 0.0631. The molecule has 2 heterocycles. The molecule has 0 atom stereocenters. The quantitative estimate of drug-likeness (QED) is 0.864. The van der Waals surface area contributed by atoms with Crippen molar-refractivity contribution in [3.8, 4) is 0 Å². The molecule has 0 spiro atoms. The number of rotatable bonds is 3. The number of aryl methyl sites for hydroxylation is 2. The predicted molar refractivity (Wildman–Crippen MR) is 97.6 cm³/mol. The molecule has 2 aromatic rings. The van der Waals surface area contributed by atoms with Gasteiger partial charge in [-0.15, -0.1) is 0 Å². The molecule has 2 N–H and O–H groups in total. The van der Waals surface area contributed by atoms with Gasteiger partial charge in [-0.25, -0.2) is 4.98 Å². The fourth-order valence-corrected chi connectivity index (χ4v) is 3.67. The Kier molecular flexibility index (Phi) is 4.99. The maximum absolute atomic E-state index is 12.8. The van der Waals surface area contributed by atoms with E-state index in [1.165, 1.54) is 11.5 Å². The third-order valence-corrected chi connectivity index (χ3v) is 5.13. The van der Waals surface area contributed by atoms with E-state index in [2.05, 4.69) is 21.2 Å². The first-order valence-corrected chi connectivity index (χ1v) is 9.08. The average molecular weight is 345 g/mol. The van der Waals surface area contributed by atoms with E-state index in [1.807, 2.05) is 24.0 Å². The van der Waals surface area contributed by atoms with Crippen LogP contribution in [0.15, 0.2) is 18.2 Å². The summed E-state index contributed by atoms with van der Waals surface area (Å²) in [6.45, 7) is 7.13. The molecule has 1 fully saturated rings. The van der Waals surface area contributed by atoms with Gasteiger partial charge in [0.2, 0.25) is 5.13 Å². The molecule has 1 aromatic carbocycles. The maximum atomic E-state index is 12.8. The van der Waals surface area contributed by atoms with Crippen molar-refractivity contribution in [1.29, 1.82) is 0 Å². The van der Waals surface area contributed by atoms with Crippen LogP contribution in [-0.4, -0.2) is 46.3 Å². The standard InChI is InChI=1S/C17H23N5OS/c1-3-15-19-17(24-20-15)22-8-4-7-21(9-10-22)16(23)14-11-13(18)6-5-12(14)2/h5-6,11H,3-4,7-10,18H2,1-2H3. The number of nitrogen functional groups attached to an aromatic ring is 1. The second-order valence-corrected chi connectivity index (χ2v) is 6.78. The third-order valence-electron chi connectivity index (χ3n) is 4.32. The molecule has 0 unspecified atom stereocenters. The van der Waals surface area contributed by atoms with Crippen LogP contribution in [0.25, 0.3) is 0 Å². The lowest BCUT2D eigenvalue weighted by atomic mass is 10.1. The lowest BCUT2D eigenvalue weighted by molar-refractivity contribution is 0.0766. The zero-order valence-corrected chi connectivity index (χ0v) is 15.0. The lowest BCUT2D eigenvalue weighted by Gasteiger charge is -2.22. The monoisotopic (exact) mass is 345 g/mol. The normalized spacial score (nSPS) is 15.4. The summed E-state index contributed by atoms with van der Waals surface area (Å²) >= 11 is 1.45. The highest BCUT2D eigenvalue weighted by molar-refractivity contribution is 7.09. The van der Waals surface area contributed by atoms with Crippen LogP contribution < -0.4 is 10.6 Å². The Morgan fingerprint density at radius 1 is 1.29 bits per heavy atom. The Balaban J connectivity index is 1.71. The second-order valence-electron chi connectivity index (χ2n) is 6.05. The van der Waals surface area contributed by atoms with Crippen molar-refractivity contribution in [2.75, 3.05) is 36.8 Å². The van der Waals surface area contributed by atoms with Crippen LogP contribution in [0.5, 0.6) is 0 Å². The molecule has 3 rings (SSSR count). The van der Waals surface area contributed by atoms with Gasteiger partial charge >= 0.3 is 0 Å². The van der Waals surface area contributed by atoms with Crippen molar-refractivity contribution < 1.29 is 4.79 Å². The minimum absolute atomic E-state index is 0.0631. The smallest absolute Gasteiger partial charge is 0.254 e. The van der Waals surface area contributed by atoms with Crippen molar-refractivity contribution in [2.45, 2.75) is 26.7 Å². The van der Waals surface area contributed by atoms with Crippen molar-refractivity contribution in [2.24, 2.45) is 0 Å². The van der Waals surface area contributed by atoms with E-state index in [1.54, 1.807) is 6.07 Å². The Bertz CT molecular complexity index is 730. The molecule has 1 aliphatic rings. The van der Waals surface area contributed by atoms with Crippen LogP contribution >= 0.6 is 11.5 Å². The van der Waals surface area contributed by atoms with E-state index >= 15 is 0 Å². The van der Waals surface area contributed by atoms with Crippen LogP contribution in [0.1, 0.15) is 35.1 Å². The van der Waals surface area contributed by atoms with E-state index < -0.39 is 0 Å². The molecular weight excluding hydrogens is 322 g/mol. The first kappa shape index (κ1) is 16.7. The largest absolute Gasteiger partial charge is 0.399 e. The fourth-order valence-electron chi connectivity index (χ4n) is 2.87. The van der Waals surface area contributed by atoms with Gasteiger partial charge in [-0.05, 0) is 31.0 Å². The fraction of sp³-hybridized carbons (Fsp3) is 0.471. The number of benzene rings is 1. The van der Waals surface area contributed by atoms with Gasteiger partial charge < -0.3 is 15.5 Å². The van der Waals surface area contributed by atoms with Gasteiger partial charge in [0.25, 0.3) is 5.91 Å². The van der Waals surface area contributed by atoms with Gasteiger partial charge in [-0.1, -0.05) is 13.0 Å². The molecule has 1 aromatic heterocycles. The first-order valence-electron chi connectivity index (χ1n) is 8.31. The molecule has 24 heavy (non-hydrogen) atoms. The summed E-state index contributed by atoms with van der Waals surface area (Å²) in [6.07, 6.45) is 1.78. The molecule has 0 bridgehead atoms. The predicted octanol–water partition coefficient (Wildman–Crippen LogP) is 2.34. The molecule has 1 aliphatic heterocycles. The van der Waals surface area contributed by atoms with E-state index in [-0.39, 0.29) is 5.91 Å². The van der Waals surface area contributed by atoms with E-state index in [0.717, 1.165) is 49.0 Å². The lowest BCUT2D eigenvalue weighted by Crippen LogP contribution is -2.35. The van der Waals surface area contributed by atoms with Crippen molar-refractivity contribution in [3.05, 3.63) is 35.2 Å². The van der Waals surface area contributed by atoms with Crippen molar-refractivity contribution in [3.63, 3.8) is 0 Å². The summed E-state index contributed by atoms with van der Waals surface area (Å²) in [7, 11) is 0. The number of hydrogen-bond acceptors (Lipinski definition) is 6. The highest BCUT2D eigenvalue weighted by Gasteiger charge is 2.23. The minimum Gasteiger partial charge on any atom is -0.399 e. The number of hydrogen-bond donors (Lipinski definition) is 1. The second kappa shape index (κ2) is 7.17. The summed E-state index contributed by atoms with van der Waals surface area (Å²) in [6, 6.07) is 5.51. The van der Waals surface area contributed by atoms with Crippen LogP contribution in [0.3, 0.4) is 0 Å². The summed E-state index contributed by atoms with van der Waals surface area (Å²) in [5, 5.41) is 0.960. The molecule has 1 saturated heterocycles. The molecule has 0 radical (unpaired) electrons. The number of aromatic nitrogens is 2. The average Bonchev–Trinajstić information content (AvgIpc) is 2.93. The van der Waals surface area contributed by atoms with Crippen LogP contribution in [0.2, 0.25) is 0 Å². The molecule has 1 amide bonds. The molecule has 7 heteroatoms. The summed E-state index contributed by atoms with van der Waals surface area (Å²) in [5.41, 5.74) is 8.14. The number of anilines is 2. The highest BCUT2D eigenvalue weighted by Crippen LogP contribution is 2.21. The van der Waals surface area contributed by atoms with Crippen molar-refractivity contribution in [1.82, 2.24) is 14.3 Å². The summed E-state index contributed by atoms with van der Waals surface area (Å²) in [4.78, 5) is 21.6. The summed E-state index contributed by atoms with van der Waals surface area (Å²) < 4.78 is 4.36. The maximum Gasteiger partial charge on any atom is 0.254 e. The van der Waals surface area contributed by atoms with Gasteiger partial charge in [-0.2, -0.15) is 4.37 Å². The SMILES string of the molecule is CCc1nsc(N2CCCN(C(=O)c3cc(N)ccc3C)CC2)n1.